The highest BCUT2D eigenvalue weighted by Crippen LogP contribution is 2.23. The van der Waals surface area contributed by atoms with E-state index >= 15 is 0 Å². The number of nitrogens with zero attached hydrogens (tertiary/aromatic N) is 1. The van der Waals surface area contributed by atoms with Gasteiger partial charge in [0, 0.05) is 18.8 Å². The molecule has 0 atom stereocenters. The summed E-state index contributed by atoms with van der Waals surface area (Å²) in [6, 6.07) is 8.38. The lowest BCUT2D eigenvalue weighted by Gasteiger charge is -2.34. The number of hydrogen-bond acceptors (Lipinski definition) is 3. The van der Waals surface area contributed by atoms with E-state index in [1.54, 1.807) is 7.11 Å². The Balaban J connectivity index is 2.24. The summed E-state index contributed by atoms with van der Waals surface area (Å²) in [4.78, 5) is 14.2. The number of nitrogens with one attached hydrogen (secondary N) is 1. The van der Waals surface area contributed by atoms with Gasteiger partial charge in [-0.3, -0.25) is 4.79 Å². The highest BCUT2D eigenvalue weighted by Gasteiger charge is 2.26. The largest absolute Gasteiger partial charge is 0.375 e. The molecule has 1 amide bonds. The Morgan fingerprint density at radius 2 is 2.16 bits per heavy atom. The molecule has 0 aromatic heterocycles. The Morgan fingerprint density at radius 3 is 2.79 bits per heavy atom. The van der Waals surface area contributed by atoms with Crippen molar-refractivity contribution in [3.63, 3.8) is 0 Å². The number of benzene rings is 1. The molecule has 0 aliphatic carbocycles. The number of carbonyl (C=O) groups is 1. The summed E-state index contributed by atoms with van der Waals surface area (Å²) >= 11 is 0. The maximum absolute atomic E-state index is 12.3. The molecule has 4 heteroatoms. The molecule has 0 bridgehead atoms. The van der Waals surface area contributed by atoms with Crippen molar-refractivity contribution in [1.82, 2.24) is 5.32 Å². The van der Waals surface area contributed by atoms with Gasteiger partial charge in [0.05, 0.1) is 0 Å². The molecule has 4 nitrogen and oxygen atoms in total. The quantitative estimate of drug-likeness (QED) is 0.898. The highest BCUT2D eigenvalue weighted by atomic mass is 16.5. The van der Waals surface area contributed by atoms with E-state index in [1.807, 2.05) is 30.0 Å². The van der Waals surface area contributed by atoms with Crippen LogP contribution in [0.1, 0.15) is 18.4 Å². The van der Waals surface area contributed by atoms with Gasteiger partial charge in [-0.1, -0.05) is 12.1 Å². The van der Waals surface area contributed by atoms with Crippen molar-refractivity contribution in [3.8, 4) is 0 Å². The first-order valence-electron chi connectivity index (χ1n) is 6.80. The van der Waals surface area contributed by atoms with Crippen molar-refractivity contribution >= 4 is 11.6 Å². The fraction of sp³-hybridized carbons (Fsp3) is 0.533. The second-order valence-electron chi connectivity index (χ2n) is 5.02. The summed E-state index contributed by atoms with van der Waals surface area (Å²) in [7, 11) is 1.56. The van der Waals surface area contributed by atoms with Crippen molar-refractivity contribution in [2.24, 2.45) is 0 Å². The third-order valence-electron chi connectivity index (χ3n) is 3.49. The Kier molecular flexibility index (Phi) is 4.93. The fourth-order valence-corrected chi connectivity index (χ4v) is 2.59. The van der Waals surface area contributed by atoms with E-state index in [1.165, 1.54) is 5.56 Å². The average molecular weight is 262 g/mol. The van der Waals surface area contributed by atoms with Crippen LogP contribution in [-0.2, 0) is 9.53 Å². The van der Waals surface area contributed by atoms with E-state index in [2.05, 4.69) is 11.4 Å². The van der Waals surface area contributed by atoms with Gasteiger partial charge in [-0.2, -0.15) is 0 Å². The zero-order chi connectivity index (χ0) is 13.7. The van der Waals surface area contributed by atoms with E-state index < -0.39 is 0 Å². The molecule has 104 valence electrons. The lowest BCUT2D eigenvalue weighted by atomic mass is 10.0. The molecule has 1 N–H and O–H groups in total. The molecule has 1 aliphatic rings. The minimum absolute atomic E-state index is 0.0417. The maximum Gasteiger partial charge on any atom is 0.253 e. The van der Waals surface area contributed by atoms with Gasteiger partial charge in [0.2, 0.25) is 0 Å². The fourth-order valence-electron chi connectivity index (χ4n) is 2.59. The van der Waals surface area contributed by atoms with Crippen LogP contribution in [0.3, 0.4) is 0 Å². The van der Waals surface area contributed by atoms with E-state index in [0.717, 1.165) is 31.6 Å². The first-order chi connectivity index (χ1) is 9.22. The van der Waals surface area contributed by atoms with Crippen LogP contribution >= 0.6 is 0 Å². The summed E-state index contributed by atoms with van der Waals surface area (Å²) in [5.74, 6) is 0.0417. The number of amides is 1. The molecule has 1 heterocycles. The van der Waals surface area contributed by atoms with Crippen molar-refractivity contribution in [3.05, 3.63) is 29.8 Å². The van der Waals surface area contributed by atoms with Crippen LogP contribution in [0.4, 0.5) is 5.69 Å². The topological polar surface area (TPSA) is 41.6 Å². The van der Waals surface area contributed by atoms with Crippen LogP contribution in [0.5, 0.6) is 0 Å². The zero-order valence-corrected chi connectivity index (χ0v) is 11.7. The van der Waals surface area contributed by atoms with Crippen LogP contribution < -0.4 is 10.2 Å². The van der Waals surface area contributed by atoms with E-state index in [4.69, 9.17) is 4.74 Å². The van der Waals surface area contributed by atoms with E-state index in [-0.39, 0.29) is 18.6 Å². The summed E-state index contributed by atoms with van der Waals surface area (Å²) in [6.45, 7) is 4.11. The van der Waals surface area contributed by atoms with Gasteiger partial charge in [-0.05, 0) is 50.6 Å². The monoisotopic (exact) mass is 262 g/mol. The molecule has 0 spiro atoms. The van der Waals surface area contributed by atoms with Crippen molar-refractivity contribution in [2.45, 2.75) is 25.8 Å². The number of anilines is 1. The van der Waals surface area contributed by atoms with Crippen LogP contribution in [0.25, 0.3) is 0 Å². The Bertz CT molecular complexity index is 428. The summed E-state index contributed by atoms with van der Waals surface area (Å²) in [6.07, 6.45) is 1.98. The van der Waals surface area contributed by atoms with Crippen LogP contribution in [0, 0.1) is 6.92 Å². The molecule has 0 saturated carbocycles. The van der Waals surface area contributed by atoms with Gasteiger partial charge < -0.3 is 15.0 Å². The van der Waals surface area contributed by atoms with Gasteiger partial charge in [0.1, 0.15) is 6.61 Å². The van der Waals surface area contributed by atoms with Gasteiger partial charge in [-0.25, -0.2) is 0 Å². The molecule has 1 saturated heterocycles. The second-order valence-corrected chi connectivity index (χ2v) is 5.02. The molecule has 2 rings (SSSR count). The summed E-state index contributed by atoms with van der Waals surface area (Å²) < 4.78 is 5.02. The van der Waals surface area contributed by atoms with Gasteiger partial charge in [0.15, 0.2) is 0 Å². The SMILES string of the molecule is COCC(=O)N(c1cccc(C)c1)C1CCNCC1. The van der Waals surface area contributed by atoms with Crippen LogP contribution in [0.2, 0.25) is 0 Å². The molecule has 0 unspecified atom stereocenters. The second kappa shape index (κ2) is 6.68. The maximum atomic E-state index is 12.3. The molecule has 1 aromatic rings. The van der Waals surface area contributed by atoms with E-state index in [9.17, 15) is 4.79 Å². The van der Waals surface area contributed by atoms with Gasteiger partial charge >= 0.3 is 0 Å². The van der Waals surface area contributed by atoms with E-state index in [0.29, 0.717) is 0 Å². The number of rotatable bonds is 4. The third-order valence-corrected chi connectivity index (χ3v) is 3.49. The van der Waals surface area contributed by atoms with Crippen molar-refractivity contribution in [2.75, 3.05) is 31.7 Å². The first-order valence-corrected chi connectivity index (χ1v) is 6.80. The number of aryl methyl sites for hydroxylation is 1. The minimum Gasteiger partial charge on any atom is -0.375 e. The van der Waals surface area contributed by atoms with Crippen LogP contribution in [-0.4, -0.2) is 38.8 Å². The molecule has 0 radical (unpaired) electrons. The normalized spacial score (nSPS) is 16.3. The van der Waals surface area contributed by atoms with Gasteiger partial charge in [0.25, 0.3) is 5.91 Å². The predicted octanol–water partition coefficient (Wildman–Crippen LogP) is 1.73. The number of ether oxygens (including phenoxy) is 1. The Hall–Kier alpha value is -1.39. The average Bonchev–Trinajstić information content (AvgIpc) is 2.40. The van der Waals surface area contributed by atoms with Crippen LogP contribution in [0.15, 0.2) is 24.3 Å². The summed E-state index contributed by atoms with van der Waals surface area (Å²) in [5.41, 5.74) is 2.15. The highest BCUT2D eigenvalue weighted by molar-refractivity contribution is 5.95. The Labute approximate surface area is 114 Å². The minimum atomic E-state index is 0.0417. The molecular weight excluding hydrogens is 240 g/mol. The molecule has 19 heavy (non-hydrogen) atoms. The number of hydrogen-bond donors (Lipinski definition) is 1. The van der Waals surface area contributed by atoms with Gasteiger partial charge in [-0.15, -0.1) is 0 Å². The lowest BCUT2D eigenvalue weighted by Crippen LogP contribution is -2.47. The first kappa shape index (κ1) is 14.0. The third kappa shape index (κ3) is 3.55. The zero-order valence-electron chi connectivity index (χ0n) is 11.7. The van der Waals surface area contributed by atoms with Crippen molar-refractivity contribution < 1.29 is 9.53 Å². The lowest BCUT2D eigenvalue weighted by molar-refractivity contribution is -0.122. The number of carbonyl (C=O) groups excluding carboxylic acids is 1. The predicted molar refractivity (Wildman–Crippen MR) is 76.4 cm³/mol. The molecular formula is C15H22N2O2. The smallest absolute Gasteiger partial charge is 0.253 e. The standard InChI is InChI=1S/C15H22N2O2/c1-12-4-3-5-14(10-12)17(15(18)11-19-2)13-6-8-16-9-7-13/h3-5,10,13,16H,6-9,11H2,1-2H3. The molecule has 1 aliphatic heterocycles. The Morgan fingerprint density at radius 1 is 1.42 bits per heavy atom. The number of methoxy groups -OCH3 is 1. The number of piperidine rings is 1. The molecule has 1 fully saturated rings. The summed E-state index contributed by atoms with van der Waals surface area (Å²) in [5, 5.41) is 3.33. The molecule has 1 aromatic carbocycles. The van der Waals surface area contributed by atoms with Crippen molar-refractivity contribution in [1.29, 1.82) is 0 Å².